The molecular weight excluding hydrogens is 304 g/mol. The van der Waals surface area contributed by atoms with Crippen molar-refractivity contribution >= 4 is 33.3 Å². The van der Waals surface area contributed by atoms with E-state index < -0.39 is 0 Å². The second-order valence-corrected chi connectivity index (χ2v) is 5.19. The average Bonchev–Trinajstić information content (AvgIpc) is 2.31. The van der Waals surface area contributed by atoms with E-state index in [1.807, 2.05) is 6.07 Å². The molecule has 0 N–H and O–H groups in total. The van der Waals surface area contributed by atoms with E-state index in [0.717, 1.165) is 23.3 Å². The zero-order valence-electron chi connectivity index (χ0n) is 10.4. The second-order valence-electron chi connectivity index (χ2n) is 3.90. The predicted octanol–water partition coefficient (Wildman–Crippen LogP) is 3.75. The number of rotatable bonds is 6. The van der Waals surface area contributed by atoms with Gasteiger partial charge in [-0.3, -0.25) is 0 Å². The van der Waals surface area contributed by atoms with Gasteiger partial charge in [0.1, 0.15) is 5.82 Å². The van der Waals surface area contributed by atoms with Crippen LogP contribution >= 0.6 is 27.5 Å². The number of ether oxygens (including phenoxy) is 1. The molecule has 0 saturated heterocycles. The zero-order chi connectivity index (χ0) is 12.8. The first-order valence-electron chi connectivity index (χ1n) is 5.66. The van der Waals surface area contributed by atoms with Crippen LogP contribution in [0.3, 0.4) is 0 Å². The number of nitrogens with zero attached hydrogens (tertiary/aromatic N) is 2. The van der Waals surface area contributed by atoms with Gasteiger partial charge in [-0.15, -0.1) is 0 Å². The molecule has 0 saturated carbocycles. The highest BCUT2D eigenvalue weighted by Crippen LogP contribution is 2.28. The van der Waals surface area contributed by atoms with Gasteiger partial charge in [-0.2, -0.15) is 0 Å². The topological polar surface area (TPSA) is 25.4 Å². The summed E-state index contributed by atoms with van der Waals surface area (Å²) in [6, 6.07) is 2.28. The Hall–Kier alpha value is -0.320. The molecule has 0 fully saturated rings. The smallest absolute Gasteiger partial charge is 0.143 e. The van der Waals surface area contributed by atoms with Crippen LogP contribution in [0.4, 0.5) is 5.82 Å². The Bertz CT molecular complexity index is 362. The molecule has 1 rings (SSSR count). The molecule has 0 amide bonds. The Morgan fingerprint density at radius 3 is 2.82 bits per heavy atom. The standard InChI is InChI=1S/C12H18BrClN2O/c1-4-9(2)16(5-6-17-3)12-11(13)7-10(14)8-15-12/h7-9H,4-6H2,1-3H3. The molecule has 1 heterocycles. The number of methoxy groups -OCH3 is 1. The van der Waals surface area contributed by atoms with Crippen molar-refractivity contribution in [3.63, 3.8) is 0 Å². The summed E-state index contributed by atoms with van der Waals surface area (Å²) >= 11 is 9.41. The summed E-state index contributed by atoms with van der Waals surface area (Å²) in [4.78, 5) is 6.62. The molecule has 96 valence electrons. The van der Waals surface area contributed by atoms with E-state index >= 15 is 0 Å². The van der Waals surface area contributed by atoms with Gasteiger partial charge in [0.15, 0.2) is 0 Å². The Labute approximate surface area is 116 Å². The van der Waals surface area contributed by atoms with Gasteiger partial charge in [0.2, 0.25) is 0 Å². The van der Waals surface area contributed by atoms with E-state index in [0.29, 0.717) is 17.7 Å². The average molecular weight is 322 g/mol. The molecule has 1 atom stereocenters. The van der Waals surface area contributed by atoms with Crippen LogP contribution in [0.2, 0.25) is 5.02 Å². The maximum Gasteiger partial charge on any atom is 0.143 e. The SMILES string of the molecule is CCC(C)N(CCOC)c1ncc(Cl)cc1Br. The highest BCUT2D eigenvalue weighted by molar-refractivity contribution is 9.10. The Morgan fingerprint density at radius 2 is 2.29 bits per heavy atom. The van der Waals surface area contributed by atoms with E-state index in [-0.39, 0.29) is 0 Å². The largest absolute Gasteiger partial charge is 0.383 e. The molecular formula is C12H18BrClN2O. The summed E-state index contributed by atoms with van der Waals surface area (Å²) in [7, 11) is 1.71. The molecule has 0 radical (unpaired) electrons. The summed E-state index contributed by atoms with van der Waals surface area (Å²) < 4.78 is 6.06. The van der Waals surface area contributed by atoms with Crippen LogP contribution < -0.4 is 4.90 Å². The van der Waals surface area contributed by atoms with Crippen molar-refractivity contribution in [2.45, 2.75) is 26.3 Å². The van der Waals surface area contributed by atoms with Crippen molar-refractivity contribution in [2.75, 3.05) is 25.2 Å². The summed E-state index contributed by atoms with van der Waals surface area (Å²) in [6.45, 7) is 5.84. The van der Waals surface area contributed by atoms with Crippen LogP contribution in [0.1, 0.15) is 20.3 Å². The molecule has 0 bridgehead atoms. The van der Waals surface area contributed by atoms with Gasteiger partial charge < -0.3 is 9.64 Å². The molecule has 0 aliphatic carbocycles. The van der Waals surface area contributed by atoms with Crippen LogP contribution in [0.5, 0.6) is 0 Å². The Balaban J connectivity index is 2.95. The molecule has 1 aromatic rings. The lowest BCUT2D eigenvalue weighted by molar-refractivity contribution is 0.203. The van der Waals surface area contributed by atoms with Gasteiger partial charge in [0.25, 0.3) is 0 Å². The predicted molar refractivity (Wildman–Crippen MR) is 75.9 cm³/mol. The van der Waals surface area contributed by atoms with Crippen LogP contribution in [0.25, 0.3) is 0 Å². The van der Waals surface area contributed by atoms with Gasteiger partial charge >= 0.3 is 0 Å². The normalized spacial score (nSPS) is 12.5. The van der Waals surface area contributed by atoms with Gasteiger partial charge in [-0.05, 0) is 35.3 Å². The molecule has 1 unspecified atom stereocenters. The molecule has 0 spiro atoms. The lowest BCUT2D eigenvalue weighted by Crippen LogP contribution is -2.36. The minimum atomic E-state index is 0.412. The van der Waals surface area contributed by atoms with Crippen molar-refractivity contribution in [1.82, 2.24) is 4.98 Å². The van der Waals surface area contributed by atoms with Crippen molar-refractivity contribution in [1.29, 1.82) is 0 Å². The van der Waals surface area contributed by atoms with Crippen LogP contribution in [-0.2, 0) is 4.74 Å². The molecule has 17 heavy (non-hydrogen) atoms. The summed E-state index contributed by atoms with van der Waals surface area (Å²) in [5.74, 6) is 0.917. The third kappa shape index (κ3) is 4.12. The second kappa shape index (κ2) is 7.19. The Kier molecular flexibility index (Phi) is 6.23. The van der Waals surface area contributed by atoms with Crippen LogP contribution in [-0.4, -0.2) is 31.3 Å². The van der Waals surface area contributed by atoms with E-state index in [1.54, 1.807) is 13.3 Å². The van der Waals surface area contributed by atoms with Crippen molar-refractivity contribution in [3.8, 4) is 0 Å². The third-order valence-corrected chi connectivity index (χ3v) is 3.51. The minimum Gasteiger partial charge on any atom is -0.383 e. The number of aromatic nitrogens is 1. The summed E-state index contributed by atoms with van der Waals surface area (Å²) in [5.41, 5.74) is 0. The maximum atomic E-state index is 5.90. The van der Waals surface area contributed by atoms with Gasteiger partial charge in [0.05, 0.1) is 16.1 Å². The molecule has 1 aromatic heterocycles. The molecule has 0 aliphatic rings. The number of pyridine rings is 1. The van der Waals surface area contributed by atoms with Gasteiger partial charge in [-0.1, -0.05) is 18.5 Å². The minimum absolute atomic E-state index is 0.412. The quantitative estimate of drug-likeness (QED) is 0.798. The lowest BCUT2D eigenvalue weighted by atomic mass is 10.2. The number of anilines is 1. The van der Waals surface area contributed by atoms with Crippen LogP contribution in [0.15, 0.2) is 16.7 Å². The summed E-state index contributed by atoms with van der Waals surface area (Å²) in [6.07, 6.45) is 2.73. The van der Waals surface area contributed by atoms with E-state index in [1.165, 1.54) is 0 Å². The third-order valence-electron chi connectivity index (χ3n) is 2.72. The molecule has 5 heteroatoms. The first-order valence-corrected chi connectivity index (χ1v) is 6.83. The number of hydrogen-bond donors (Lipinski definition) is 0. The molecule has 3 nitrogen and oxygen atoms in total. The van der Waals surface area contributed by atoms with Crippen molar-refractivity contribution in [3.05, 3.63) is 21.8 Å². The maximum absolute atomic E-state index is 5.90. The monoisotopic (exact) mass is 320 g/mol. The van der Waals surface area contributed by atoms with Gasteiger partial charge in [-0.25, -0.2) is 4.98 Å². The first-order chi connectivity index (χ1) is 8.10. The first kappa shape index (κ1) is 14.7. The van der Waals surface area contributed by atoms with Crippen LogP contribution in [0, 0.1) is 0 Å². The van der Waals surface area contributed by atoms with E-state index in [9.17, 15) is 0 Å². The molecule has 0 aliphatic heterocycles. The summed E-state index contributed by atoms with van der Waals surface area (Å²) in [5, 5.41) is 0.636. The highest BCUT2D eigenvalue weighted by Gasteiger charge is 2.16. The van der Waals surface area contributed by atoms with E-state index in [4.69, 9.17) is 16.3 Å². The van der Waals surface area contributed by atoms with E-state index in [2.05, 4.69) is 39.7 Å². The lowest BCUT2D eigenvalue weighted by Gasteiger charge is -2.30. The van der Waals surface area contributed by atoms with Crippen molar-refractivity contribution in [2.24, 2.45) is 0 Å². The fourth-order valence-corrected chi connectivity index (χ4v) is 2.43. The number of hydrogen-bond acceptors (Lipinski definition) is 3. The molecule has 0 aromatic carbocycles. The Morgan fingerprint density at radius 1 is 1.59 bits per heavy atom. The zero-order valence-corrected chi connectivity index (χ0v) is 12.8. The fraction of sp³-hybridized carbons (Fsp3) is 0.583. The van der Waals surface area contributed by atoms with Gasteiger partial charge in [0, 0.05) is 25.9 Å². The highest BCUT2D eigenvalue weighted by atomic mass is 79.9. The fourth-order valence-electron chi connectivity index (χ4n) is 1.56. The number of halogens is 2. The van der Waals surface area contributed by atoms with Crippen molar-refractivity contribution < 1.29 is 4.74 Å².